The number of nitrogens with zero attached hydrogens (tertiary/aromatic N) is 1. The first kappa shape index (κ1) is 25.4. The Hall–Kier alpha value is -2.62. The molecule has 0 amide bonds. The predicted molar refractivity (Wildman–Crippen MR) is 99.5 cm³/mol. The highest BCUT2D eigenvalue weighted by molar-refractivity contribution is 5.40. The average molecular weight is 436 g/mol. The van der Waals surface area contributed by atoms with Crippen molar-refractivity contribution >= 4 is 6.79 Å². The summed E-state index contributed by atoms with van der Waals surface area (Å²) in [7, 11) is 3.75. The molecule has 0 saturated heterocycles. The van der Waals surface area contributed by atoms with Crippen molar-refractivity contribution in [3.05, 3.63) is 53.5 Å². The van der Waals surface area contributed by atoms with Crippen molar-refractivity contribution in [3.63, 3.8) is 0 Å². The van der Waals surface area contributed by atoms with E-state index in [2.05, 4.69) is 10.3 Å². The Kier molecular flexibility index (Phi) is 8.41. The first-order valence-electron chi connectivity index (χ1n) is 8.71. The number of rotatable bonds is 4. The minimum Gasteiger partial charge on any atom is -0.436 e. The second kappa shape index (κ2) is 9.92. The number of aryl methyl sites for hydroxylation is 1. The van der Waals surface area contributed by atoms with Gasteiger partial charge in [-0.25, -0.2) is 9.37 Å². The van der Waals surface area contributed by atoms with Crippen molar-refractivity contribution in [2.45, 2.75) is 37.3 Å². The summed E-state index contributed by atoms with van der Waals surface area (Å²) >= 11 is 0. The number of ether oxygens (including phenoxy) is 1. The summed E-state index contributed by atoms with van der Waals surface area (Å²) in [6, 6.07) is 5.95. The van der Waals surface area contributed by atoms with Crippen LogP contribution in [0.5, 0.6) is 11.6 Å². The van der Waals surface area contributed by atoms with E-state index < -0.39 is 23.3 Å². The summed E-state index contributed by atoms with van der Waals surface area (Å²) in [6.45, 7) is 3.64. The highest BCUT2D eigenvalue weighted by Gasteiger charge is 2.75. The predicted octanol–water partition coefficient (Wildman–Crippen LogP) is 5.20. The minimum absolute atomic E-state index is 0.0881. The van der Waals surface area contributed by atoms with Gasteiger partial charge in [0, 0.05) is 6.20 Å². The number of halogens is 6. The largest absolute Gasteiger partial charge is 0.454 e. The first-order valence-corrected chi connectivity index (χ1v) is 8.71. The third-order valence-electron chi connectivity index (χ3n) is 4.27. The van der Waals surface area contributed by atoms with Crippen molar-refractivity contribution in [1.82, 2.24) is 10.3 Å². The molecule has 0 bridgehead atoms. The molecule has 4 nitrogen and oxygen atoms in total. The molecule has 1 aliphatic carbocycles. The van der Waals surface area contributed by atoms with Gasteiger partial charge in [0.25, 0.3) is 5.88 Å². The number of carbonyl (C=O) groups excluding carboxylic acids is 1. The van der Waals surface area contributed by atoms with Crippen LogP contribution in [0.2, 0.25) is 0 Å². The van der Waals surface area contributed by atoms with Gasteiger partial charge in [-0.15, -0.1) is 0 Å². The van der Waals surface area contributed by atoms with Crippen LogP contribution in [0.4, 0.5) is 26.3 Å². The molecule has 0 aliphatic heterocycles. The molecule has 30 heavy (non-hydrogen) atoms. The number of nitrogens with one attached hydrogen (secondary N) is 1. The topological polar surface area (TPSA) is 51.2 Å². The van der Waals surface area contributed by atoms with Gasteiger partial charge in [0.05, 0.1) is 5.41 Å². The molecule has 166 valence electrons. The smallest absolute Gasteiger partial charge is 0.436 e. The van der Waals surface area contributed by atoms with E-state index >= 15 is 0 Å². The van der Waals surface area contributed by atoms with Crippen LogP contribution in [0.1, 0.15) is 24.0 Å². The summed E-state index contributed by atoms with van der Waals surface area (Å²) < 4.78 is 84.5. The van der Waals surface area contributed by atoms with Gasteiger partial charge in [-0.2, -0.15) is 22.0 Å². The third kappa shape index (κ3) is 5.29. The van der Waals surface area contributed by atoms with Crippen LogP contribution in [0.15, 0.2) is 36.5 Å². The molecule has 1 saturated carbocycles. The van der Waals surface area contributed by atoms with Crippen molar-refractivity contribution in [3.8, 4) is 11.6 Å². The lowest BCUT2D eigenvalue weighted by molar-refractivity contribution is -0.296. The van der Waals surface area contributed by atoms with Crippen molar-refractivity contribution in [1.29, 1.82) is 0 Å². The van der Waals surface area contributed by atoms with Gasteiger partial charge in [-0.05, 0) is 63.2 Å². The molecule has 0 radical (unpaired) electrons. The summed E-state index contributed by atoms with van der Waals surface area (Å²) in [6.07, 6.45) is -4.74. The van der Waals surface area contributed by atoms with E-state index in [1.165, 1.54) is 24.4 Å². The fourth-order valence-electron chi connectivity index (χ4n) is 2.73. The quantitative estimate of drug-likeness (QED) is 0.670. The molecule has 1 N–H and O–H groups in total. The lowest BCUT2D eigenvalue weighted by atomic mass is 9.88. The fraction of sp³-hybridized carbons (Fsp3) is 0.400. The van der Waals surface area contributed by atoms with E-state index in [-0.39, 0.29) is 30.0 Å². The van der Waals surface area contributed by atoms with Crippen LogP contribution in [0.3, 0.4) is 0 Å². The van der Waals surface area contributed by atoms with Crippen LogP contribution in [0, 0.1) is 12.7 Å². The van der Waals surface area contributed by atoms with Crippen LogP contribution in [-0.4, -0.2) is 38.0 Å². The van der Waals surface area contributed by atoms with Crippen LogP contribution in [-0.2, 0) is 10.2 Å². The Balaban J connectivity index is 0.000000826. The number of hydrogen-bond acceptors (Lipinski definition) is 4. The number of hydrogen-bond donors (Lipinski definition) is 1. The fourth-order valence-corrected chi connectivity index (χ4v) is 2.73. The molecule has 0 atom stereocenters. The normalized spacial score (nSPS) is 14.6. The van der Waals surface area contributed by atoms with Gasteiger partial charge in [0.1, 0.15) is 12.5 Å². The number of carbonyl (C=O) groups is 1. The number of aromatic nitrogens is 1. The lowest BCUT2D eigenvalue weighted by Gasteiger charge is -2.29. The van der Waals surface area contributed by atoms with Gasteiger partial charge in [-0.3, -0.25) is 0 Å². The second-order valence-electron chi connectivity index (χ2n) is 6.58. The van der Waals surface area contributed by atoms with Crippen LogP contribution < -0.4 is 10.1 Å². The summed E-state index contributed by atoms with van der Waals surface area (Å²) in [4.78, 5) is 11.8. The van der Waals surface area contributed by atoms with E-state index in [1.54, 1.807) is 6.92 Å². The zero-order chi connectivity index (χ0) is 23.2. The zero-order valence-corrected chi connectivity index (χ0v) is 16.6. The molecule has 0 spiro atoms. The van der Waals surface area contributed by atoms with E-state index in [1.807, 2.05) is 20.9 Å². The zero-order valence-electron chi connectivity index (χ0n) is 16.6. The summed E-state index contributed by atoms with van der Waals surface area (Å²) in [5.74, 6) is -5.73. The SMILES string of the molecule is C=O.CNC.Cc1cnc(Oc2ccc(C3(C(F)(F)C(F)(F)F)CC3)cc2)c(F)c1. The van der Waals surface area contributed by atoms with Gasteiger partial charge in [0.15, 0.2) is 5.82 Å². The maximum atomic E-state index is 13.8. The van der Waals surface area contributed by atoms with Gasteiger partial charge >= 0.3 is 12.1 Å². The van der Waals surface area contributed by atoms with E-state index in [9.17, 15) is 26.3 Å². The van der Waals surface area contributed by atoms with Crippen molar-refractivity contribution < 1.29 is 35.9 Å². The number of benzene rings is 1. The van der Waals surface area contributed by atoms with Crippen LogP contribution >= 0.6 is 0 Å². The van der Waals surface area contributed by atoms with Gasteiger partial charge in [0.2, 0.25) is 0 Å². The van der Waals surface area contributed by atoms with Crippen LogP contribution in [0.25, 0.3) is 0 Å². The Bertz CT molecular complexity index is 821. The molecule has 0 unspecified atom stereocenters. The van der Waals surface area contributed by atoms with Gasteiger partial charge < -0.3 is 14.8 Å². The molecule has 10 heteroatoms. The first-order chi connectivity index (χ1) is 14.0. The van der Waals surface area contributed by atoms with E-state index in [4.69, 9.17) is 9.53 Å². The van der Waals surface area contributed by atoms with Crippen molar-refractivity contribution in [2.75, 3.05) is 14.1 Å². The Morgan fingerprint density at radius 2 is 1.57 bits per heavy atom. The standard InChI is InChI=1S/C17H13F6NO.C2H7N.CH2O/c1-10-8-13(18)14(24-9-10)25-12-4-2-11(3-5-12)15(6-7-15)16(19,20)17(21,22)23;1-3-2;1-2/h2-5,8-9H,6-7H2,1H3;3H,1-2H3;1H2. The number of alkyl halides is 5. The maximum Gasteiger partial charge on any atom is 0.454 e. The summed E-state index contributed by atoms with van der Waals surface area (Å²) in [5.41, 5.74) is -1.78. The van der Waals surface area contributed by atoms with Gasteiger partial charge in [-0.1, -0.05) is 12.1 Å². The molecule has 1 heterocycles. The minimum atomic E-state index is -5.62. The number of pyridine rings is 1. The molecule has 1 aromatic heterocycles. The highest BCUT2D eigenvalue weighted by atomic mass is 19.4. The molecule has 1 fully saturated rings. The van der Waals surface area contributed by atoms with Crippen molar-refractivity contribution in [2.24, 2.45) is 0 Å². The monoisotopic (exact) mass is 436 g/mol. The molecule has 1 aliphatic rings. The highest BCUT2D eigenvalue weighted by Crippen LogP contribution is 2.63. The Labute approximate surface area is 170 Å². The Morgan fingerprint density at radius 1 is 1.07 bits per heavy atom. The average Bonchev–Trinajstić information content (AvgIpc) is 3.48. The Morgan fingerprint density at radius 3 is 1.97 bits per heavy atom. The third-order valence-corrected chi connectivity index (χ3v) is 4.27. The van der Waals surface area contributed by atoms with E-state index in [0.717, 1.165) is 12.1 Å². The molecule has 1 aromatic carbocycles. The lowest BCUT2D eigenvalue weighted by Crippen LogP contribution is -2.47. The molecular formula is C20H22F6N2O2. The molecule has 2 aromatic rings. The van der Waals surface area contributed by atoms with E-state index in [0.29, 0.717) is 5.56 Å². The summed E-state index contributed by atoms with van der Waals surface area (Å²) in [5, 5.41) is 2.75. The molecular weight excluding hydrogens is 414 g/mol. The second-order valence-corrected chi connectivity index (χ2v) is 6.58. The molecule has 3 rings (SSSR count). The maximum absolute atomic E-state index is 13.8.